The van der Waals surface area contributed by atoms with Crippen LogP contribution < -0.4 is 10.2 Å². The Bertz CT molecular complexity index is 734. The van der Waals surface area contributed by atoms with Gasteiger partial charge in [0.25, 0.3) is 0 Å². The molecule has 2 aromatic rings. The van der Waals surface area contributed by atoms with E-state index in [0.29, 0.717) is 6.42 Å². The summed E-state index contributed by atoms with van der Waals surface area (Å²) in [5, 5.41) is 3.11. The number of pyridine rings is 1. The Kier molecular flexibility index (Phi) is 6.82. The van der Waals surface area contributed by atoms with Gasteiger partial charge in [-0.25, -0.2) is 0 Å². The van der Waals surface area contributed by atoms with Gasteiger partial charge in [0, 0.05) is 50.2 Å². The lowest BCUT2D eigenvalue weighted by atomic mass is 10.1. The maximum Gasteiger partial charge on any atom is 0.221 e. The molecule has 3 rings (SSSR count). The van der Waals surface area contributed by atoms with Crippen molar-refractivity contribution in [1.82, 2.24) is 15.2 Å². The van der Waals surface area contributed by atoms with E-state index in [4.69, 9.17) is 0 Å². The fourth-order valence-electron chi connectivity index (χ4n) is 3.58. The van der Waals surface area contributed by atoms with Crippen molar-refractivity contribution < 1.29 is 4.79 Å². The predicted octanol–water partition coefficient (Wildman–Crippen LogP) is 3.17. The number of hydrogen-bond acceptors (Lipinski definition) is 4. The average molecular weight is 367 g/mol. The Morgan fingerprint density at radius 2 is 1.96 bits per heavy atom. The summed E-state index contributed by atoms with van der Waals surface area (Å²) in [5.74, 6) is 0.122. The van der Waals surface area contributed by atoms with Gasteiger partial charge >= 0.3 is 0 Å². The maximum absolute atomic E-state index is 12.3. The molecule has 0 bridgehead atoms. The van der Waals surface area contributed by atoms with Crippen molar-refractivity contribution in [2.75, 3.05) is 37.6 Å². The van der Waals surface area contributed by atoms with E-state index < -0.39 is 0 Å². The van der Waals surface area contributed by atoms with Crippen molar-refractivity contribution in [1.29, 1.82) is 0 Å². The summed E-state index contributed by atoms with van der Waals surface area (Å²) < 4.78 is 0. The molecule has 1 amide bonds. The minimum atomic E-state index is 0.0493. The molecular weight excluding hydrogens is 336 g/mol. The SMILES string of the molecule is Cc1cc(N2CCCN(CCC(=O)NC(C)c3ccccc3)CC2)ccn1. The number of hydrogen-bond donors (Lipinski definition) is 1. The highest BCUT2D eigenvalue weighted by molar-refractivity contribution is 5.76. The molecule has 0 saturated carbocycles. The average Bonchev–Trinajstić information content (AvgIpc) is 2.93. The number of rotatable bonds is 6. The number of anilines is 1. The third-order valence-electron chi connectivity index (χ3n) is 5.17. The number of carbonyl (C=O) groups is 1. The lowest BCUT2D eigenvalue weighted by Gasteiger charge is -2.24. The van der Waals surface area contributed by atoms with Crippen molar-refractivity contribution in [2.45, 2.75) is 32.7 Å². The molecule has 1 aromatic heterocycles. The second-order valence-corrected chi connectivity index (χ2v) is 7.29. The van der Waals surface area contributed by atoms with Crippen LogP contribution in [0.2, 0.25) is 0 Å². The summed E-state index contributed by atoms with van der Waals surface area (Å²) in [6.07, 6.45) is 3.54. The number of aromatic nitrogens is 1. The van der Waals surface area contributed by atoms with Crippen molar-refractivity contribution in [2.24, 2.45) is 0 Å². The minimum absolute atomic E-state index is 0.0493. The third-order valence-corrected chi connectivity index (χ3v) is 5.17. The van der Waals surface area contributed by atoms with Gasteiger partial charge in [-0.15, -0.1) is 0 Å². The van der Waals surface area contributed by atoms with Crippen molar-refractivity contribution in [3.05, 3.63) is 59.9 Å². The molecule has 27 heavy (non-hydrogen) atoms. The van der Waals surface area contributed by atoms with E-state index >= 15 is 0 Å². The van der Waals surface area contributed by atoms with Crippen LogP contribution in [0.5, 0.6) is 0 Å². The highest BCUT2D eigenvalue weighted by Crippen LogP contribution is 2.17. The van der Waals surface area contributed by atoms with E-state index in [2.05, 4.69) is 44.4 Å². The van der Waals surface area contributed by atoms with Crippen LogP contribution in [-0.4, -0.2) is 48.5 Å². The van der Waals surface area contributed by atoms with Gasteiger partial charge in [-0.1, -0.05) is 30.3 Å². The first-order valence-electron chi connectivity index (χ1n) is 9.86. The number of aryl methyl sites for hydroxylation is 1. The normalized spacial score (nSPS) is 16.6. The van der Waals surface area contributed by atoms with Gasteiger partial charge in [0.05, 0.1) is 6.04 Å². The first-order valence-corrected chi connectivity index (χ1v) is 9.86. The van der Waals surface area contributed by atoms with E-state index in [1.807, 2.05) is 38.2 Å². The zero-order valence-electron chi connectivity index (χ0n) is 16.4. The Morgan fingerprint density at radius 1 is 1.15 bits per heavy atom. The predicted molar refractivity (Wildman–Crippen MR) is 110 cm³/mol. The van der Waals surface area contributed by atoms with Crippen molar-refractivity contribution >= 4 is 11.6 Å². The van der Waals surface area contributed by atoms with E-state index in [1.165, 1.54) is 5.69 Å². The number of amides is 1. The molecule has 0 aliphatic carbocycles. The maximum atomic E-state index is 12.3. The number of nitrogens with zero attached hydrogens (tertiary/aromatic N) is 3. The van der Waals surface area contributed by atoms with Crippen LogP contribution >= 0.6 is 0 Å². The molecule has 1 atom stereocenters. The van der Waals surface area contributed by atoms with Gasteiger partial charge in [0.15, 0.2) is 0 Å². The molecule has 1 saturated heterocycles. The summed E-state index contributed by atoms with van der Waals surface area (Å²) in [7, 11) is 0. The number of nitrogens with one attached hydrogen (secondary N) is 1. The van der Waals surface area contributed by atoms with E-state index in [0.717, 1.165) is 50.4 Å². The molecule has 1 N–H and O–H groups in total. The largest absolute Gasteiger partial charge is 0.370 e. The molecule has 5 heteroatoms. The Labute approximate surface area is 162 Å². The van der Waals surface area contributed by atoms with E-state index in [-0.39, 0.29) is 11.9 Å². The monoisotopic (exact) mass is 366 g/mol. The van der Waals surface area contributed by atoms with Crippen LogP contribution in [0.1, 0.15) is 37.1 Å². The first-order chi connectivity index (χ1) is 13.1. The second kappa shape index (κ2) is 9.51. The van der Waals surface area contributed by atoms with E-state index in [1.54, 1.807) is 0 Å². The number of carbonyl (C=O) groups excluding carboxylic acids is 1. The molecule has 1 fully saturated rings. The van der Waals surface area contributed by atoms with Crippen LogP contribution in [0.3, 0.4) is 0 Å². The summed E-state index contributed by atoms with van der Waals surface area (Å²) in [6.45, 7) is 8.96. The third kappa shape index (κ3) is 5.79. The van der Waals surface area contributed by atoms with Crippen LogP contribution in [0.15, 0.2) is 48.7 Å². The lowest BCUT2D eigenvalue weighted by Crippen LogP contribution is -2.34. The quantitative estimate of drug-likeness (QED) is 0.853. The van der Waals surface area contributed by atoms with Gasteiger partial charge in [0.1, 0.15) is 0 Å². The molecule has 1 aliphatic heterocycles. The van der Waals surface area contributed by atoms with Gasteiger partial charge in [0.2, 0.25) is 5.91 Å². The van der Waals surface area contributed by atoms with Crippen molar-refractivity contribution in [3.8, 4) is 0 Å². The number of benzene rings is 1. The van der Waals surface area contributed by atoms with Crippen molar-refractivity contribution in [3.63, 3.8) is 0 Å². The highest BCUT2D eigenvalue weighted by Gasteiger charge is 2.17. The van der Waals surface area contributed by atoms with E-state index in [9.17, 15) is 4.79 Å². The van der Waals surface area contributed by atoms with Gasteiger partial charge < -0.3 is 15.1 Å². The topological polar surface area (TPSA) is 48.5 Å². The molecule has 1 aromatic carbocycles. The fraction of sp³-hybridized carbons (Fsp3) is 0.455. The minimum Gasteiger partial charge on any atom is -0.370 e. The molecule has 5 nitrogen and oxygen atoms in total. The van der Waals surface area contributed by atoms with Crippen LogP contribution in [0.25, 0.3) is 0 Å². The summed E-state index contributed by atoms with van der Waals surface area (Å²) in [6, 6.07) is 14.4. The van der Waals surface area contributed by atoms with Gasteiger partial charge in [-0.2, -0.15) is 0 Å². The molecule has 144 valence electrons. The smallest absolute Gasteiger partial charge is 0.221 e. The molecule has 0 radical (unpaired) electrons. The Morgan fingerprint density at radius 3 is 2.74 bits per heavy atom. The Hall–Kier alpha value is -2.40. The second-order valence-electron chi connectivity index (χ2n) is 7.29. The lowest BCUT2D eigenvalue weighted by molar-refractivity contribution is -0.122. The molecule has 1 aliphatic rings. The molecule has 1 unspecified atom stereocenters. The summed E-state index contributed by atoms with van der Waals surface area (Å²) in [5.41, 5.74) is 3.44. The first kappa shape index (κ1) is 19.4. The summed E-state index contributed by atoms with van der Waals surface area (Å²) in [4.78, 5) is 21.4. The zero-order valence-corrected chi connectivity index (χ0v) is 16.4. The molecular formula is C22H30N4O. The van der Waals surface area contributed by atoms with Crippen LogP contribution in [0.4, 0.5) is 5.69 Å². The fourth-order valence-corrected chi connectivity index (χ4v) is 3.58. The summed E-state index contributed by atoms with van der Waals surface area (Å²) >= 11 is 0. The van der Waals surface area contributed by atoms with Gasteiger partial charge in [-0.3, -0.25) is 9.78 Å². The highest BCUT2D eigenvalue weighted by atomic mass is 16.1. The zero-order chi connectivity index (χ0) is 19.1. The standard InChI is InChI=1S/C22H30N4O/c1-18-17-21(9-11-23-18)26-13-6-12-25(15-16-26)14-10-22(27)24-19(2)20-7-4-3-5-8-20/h3-5,7-9,11,17,19H,6,10,12-16H2,1-2H3,(H,24,27). The van der Waals surface area contributed by atoms with Crippen LogP contribution in [0, 0.1) is 6.92 Å². The Balaban J connectivity index is 1.44. The van der Waals surface area contributed by atoms with Gasteiger partial charge in [-0.05, 0) is 44.5 Å². The molecule has 2 heterocycles. The molecule has 0 spiro atoms. The van der Waals surface area contributed by atoms with Crippen LogP contribution in [-0.2, 0) is 4.79 Å².